The van der Waals surface area contributed by atoms with Crippen molar-refractivity contribution >= 4 is 17.4 Å². The van der Waals surface area contributed by atoms with Gasteiger partial charge in [-0.1, -0.05) is 71.6 Å². The second-order valence-corrected chi connectivity index (χ2v) is 8.52. The number of thiol groups is 1. The third kappa shape index (κ3) is 8.18. The molecule has 1 aliphatic heterocycles. The minimum absolute atomic E-state index is 0.0899. The summed E-state index contributed by atoms with van der Waals surface area (Å²) < 4.78 is 2.52. The van der Waals surface area contributed by atoms with Crippen molar-refractivity contribution in [3.05, 3.63) is 0 Å². The Morgan fingerprint density at radius 3 is 2.00 bits per heavy atom. The van der Waals surface area contributed by atoms with Gasteiger partial charge in [0, 0.05) is 6.54 Å². The van der Waals surface area contributed by atoms with Gasteiger partial charge in [-0.3, -0.25) is 4.99 Å². The topological polar surface area (TPSA) is 15.6 Å². The first-order chi connectivity index (χ1) is 9.88. The Morgan fingerprint density at radius 1 is 0.900 bits per heavy atom. The minimum atomic E-state index is 0.0899. The molecule has 0 bridgehead atoms. The summed E-state index contributed by atoms with van der Waals surface area (Å²) in [7, 11) is 0. The molecule has 1 atom stereocenters. The summed E-state index contributed by atoms with van der Waals surface area (Å²) in [5.41, 5.74) is 0. The van der Waals surface area contributed by atoms with Gasteiger partial charge < -0.3 is 4.31 Å². The smallest absolute Gasteiger partial charge is 0.0935 e. The van der Waals surface area contributed by atoms with E-state index < -0.39 is 0 Å². The Balaban J connectivity index is 1.87. The van der Waals surface area contributed by atoms with Gasteiger partial charge in [-0.25, -0.2) is 0 Å². The summed E-state index contributed by atoms with van der Waals surface area (Å²) in [6.45, 7) is 6.83. The Morgan fingerprint density at radius 2 is 1.50 bits per heavy atom. The van der Waals surface area contributed by atoms with Crippen LogP contribution in [-0.2, 0) is 0 Å². The van der Waals surface area contributed by atoms with Crippen molar-refractivity contribution in [2.45, 2.75) is 78.1 Å². The highest BCUT2D eigenvalue weighted by molar-refractivity contribution is 8.15. The van der Waals surface area contributed by atoms with E-state index in [0.717, 1.165) is 6.54 Å². The van der Waals surface area contributed by atoms with E-state index in [0.29, 0.717) is 0 Å². The monoisotopic (exact) mass is 300 g/mol. The summed E-state index contributed by atoms with van der Waals surface area (Å²) >= 11 is 0.0899. The standard InChI is InChI=1S/C17H36N2S/c1-3-5-6-7-8-9-10-11-12-13-16-20(4-2)19-15-14-18-17-19/h17,20H,3-16H2,1-2H3. The van der Waals surface area contributed by atoms with Crippen LogP contribution in [0.2, 0.25) is 0 Å². The SMILES string of the molecule is CCCCCCCCCCCC[SH](CC)N1C=NCC1. The molecule has 0 aromatic rings. The first-order valence-corrected chi connectivity index (χ1v) is 10.6. The van der Waals surface area contributed by atoms with E-state index in [9.17, 15) is 0 Å². The summed E-state index contributed by atoms with van der Waals surface area (Å²) in [4.78, 5) is 4.35. The van der Waals surface area contributed by atoms with Crippen molar-refractivity contribution in [1.82, 2.24) is 4.31 Å². The zero-order chi connectivity index (χ0) is 14.5. The Labute approximate surface area is 129 Å². The van der Waals surface area contributed by atoms with E-state index >= 15 is 0 Å². The first kappa shape index (κ1) is 17.9. The molecule has 120 valence electrons. The van der Waals surface area contributed by atoms with Crippen LogP contribution >= 0.6 is 11.1 Å². The highest BCUT2D eigenvalue weighted by Gasteiger charge is 2.12. The molecular formula is C17H36N2S. The predicted molar refractivity (Wildman–Crippen MR) is 96.3 cm³/mol. The lowest BCUT2D eigenvalue weighted by molar-refractivity contribution is 0.562. The van der Waals surface area contributed by atoms with Gasteiger partial charge in [0.15, 0.2) is 0 Å². The highest BCUT2D eigenvalue weighted by atomic mass is 32.2. The van der Waals surface area contributed by atoms with Crippen LogP contribution in [0.15, 0.2) is 4.99 Å². The summed E-state index contributed by atoms with van der Waals surface area (Å²) in [6, 6.07) is 0. The molecule has 0 saturated carbocycles. The van der Waals surface area contributed by atoms with Crippen LogP contribution in [-0.4, -0.2) is 35.2 Å². The number of unbranched alkanes of at least 4 members (excludes halogenated alkanes) is 9. The van der Waals surface area contributed by atoms with E-state index in [1.54, 1.807) is 0 Å². The normalized spacial score (nSPS) is 16.9. The molecule has 0 fully saturated rings. The van der Waals surface area contributed by atoms with Crippen LogP contribution in [0, 0.1) is 0 Å². The summed E-state index contributed by atoms with van der Waals surface area (Å²) in [5, 5.41) is 0. The third-order valence-corrected chi connectivity index (χ3v) is 6.76. The van der Waals surface area contributed by atoms with Crippen molar-refractivity contribution in [3.8, 4) is 0 Å². The van der Waals surface area contributed by atoms with Crippen LogP contribution in [0.4, 0.5) is 0 Å². The number of hydrogen-bond acceptors (Lipinski definition) is 2. The van der Waals surface area contributed by atoms with Crippen molar-refractivity contribution in [3.63, 3.8) is 0 Å². The van der Waals surface area contributed by atoms with Gasteiger partial charge in [-0.05, 0) is 17.9 Å². The van der Waals surface area contributed by atoms with E-state index in [1.807, 2.05) is 0 Å². The Hall–Kier alpha value is -0.180. The lowest BCUT2D eigenvalue weighted by atomic mass is 10.1. The van der Waals surface area contributed by atoms with E-state index in [1.165, 1.54) is 82.3 Å². The van der Waals surface area contributed by atoms with Gasteiger partial charge >= 0.3 is 0 Å². The second-order valence-electron chi connectivity index (χ2n) is 5.91. The molecule has 1 heterocycles. The molecule has 0 spiro atoms. The molecule has 0 N–H and O–H groups in total. The number of aliphatic imine (C=N–C) groups is 1. The van der Waals surface area contributed by atoms with Crippen LogP contribution in [0.5, 0.6) is 0 Å². The molecule has 1 aliphatic rings. The van der Waals surface area contributed by atoms with Crippen molar-refractivity contribution in [2.24, 2.45) is 4.99 Å². The molecule has 3 heteroatoms. The van der Waals surface area contributed by atoms with Crippen molar-refractivity contribution < 1.29 is 0 Å². The Bertz CT molecular complexity index is 243. The molecule has 0 aliphatic carbocycles. The average molecular weight is 301 g/mol. The van der Waals surface area contributed by atoms with E-state index in [-0.39, 0.29) is 11.1 Å². The van der Waals surface area contributed by atoms with Gasteiger partial charge in [0.25, 0.3) is 0 Å². The maximum atomic E-state index is 4.35. The molecule has 0 saturated heterocycles. The lowest BCUT2D eigenvalue weighted by Crippen LogP contribution is -2.19. The zero-order valence-corrected chi connectivity index (χ0v) is 14.7. The summed E-state index contributed by atoms with van der Waals surface area (Å²) in [5.74, 6) is 2.76. The van der Waals surface area contributed by atoms with Crippen LogP contribution in [0.1, 0.15) is 78.1 Å². The highest BCUT2D eigenvalue weighted by Crippen LogP contribution is 2.31. The zero-order valence-electron chi connectivity index (χ0n) is 13.8. The maximum absolute atomic E-state index is 4.35. The van der Waals surface area contributed by atoms with Gasteiger partial charge in [0.1, 0.15) is 0 Å². The van der Waals surface area contributed by atoms with Gasteiger partial charge in [-0.15, -0.1) is 0 Å². The molecule has 1 rings (SSSR count). The van der Waals surface area contributed by atoms with Crippen LogP contribution < -0.4 is 0 Å². The number of nitrogens with zero attached hydrogens (tertiary/aromatic N) is 2. The maximum Gasteiger partial charge on any atom is 0.0935 e. The first-order valence-electron chi connectivity index (χ1n) is 8.90. The largest absolute Gasteiger partial charge is 0.326 e. The van der Waals surface area contributed by atoms with Crippen molar-refractivity contribution in [2.75, 3.05) is 24.6 Å². The fraction of sp³-hybridized carbons (Fsp3) is 0.941. The fourth-order valence-electron chi connectivity index (χ4n) is 2.83. The molecule has 0 aromatic carbocycles. The van der Waals surface area contributed by atoms with E-state index in [2.05, 4.69) is 29.5 Å². The predicted octanol–water partition coefficient (Wildman–Crippen LogP) is 5.19. The van der Waals surface area contributed by atoms with Crippen molar-refractivity contribution in [1.29, 1.82) is 0 Å². The third-order valence-electron chi connectivity index (χ3n) is 4.17. The number of rotatable bonds is 13. The second kappa shape index (κ2) is 12.6. The quantitative estimate of drug-likeness (QED) is 0.365. The molecule has 0 amide bonds. The van der Waals surface area contributed by atoms with Crippen LogP contribution in [0.3, 0.4) is 0 Å². The van der Waals surface area contributed by atoms with E-state index in [4.69, 9.17) is 0 Å². The average Bonchev–Trinajstić information content (AvgIpc) is 2.99. The molecule has 0 aromatic heterocycles. The number of hydrogen-bond donors (Lipinski definition) is 1. The molecular weight excluding hydrogens is 264 g/mol. The van der Waals surface area contributed by atoms with Crippen LogP contribution in [0.25, 0.3) is 0 Å². The lowest BCUT2D eigenvalue weighted by Gasteiger charge is -2.29. The molecule has 0 radical (unpaired) electrons. The van der Waals surface area contributed by atoms with Gasteiger partial charge in [0.05, 0.1) is 12.9 Å². The fourth-order valence-corrected chi connectivity index (χ4v) is 4.95. The Kier molecular flexibility index (Phi) is 11.2. The molecule has 20 heavy (non-hydrogen) atoms. The molecule has 2 nitrogen and oxygen atoms in total. The molecule has 1 unspecified atom stereocenters. The summed E-state index contributed by atoms with van der Waals surface area (Å²) in [6.07, 6.45) is 16.5. The minimum Gasteiger partial charge on any atom is -0.326 e. The van der Waals surface area contributed by atoms with Gasteiger partial charge in [0.2, 0.25) is 0 Å². The van der Waals surface area contributed by atoms with Gasteiger partial charge in [-0.2, -0.15) is 11.1 Å².